The van der Waals surface area contributed by atoms with Crippen molar-refractivity contribution >= 4 is 5.91 Å². The van der Waals surface area contributed by atoms with E-state index in [0.717, 1.165) is 16.9 Å². The van der Waals surface area contributed by atoms with Crippen LogP contribution in [0.4, 0.5) is 0 Å². The van der Waals surface area contributed by atoms with Crippen molar-refractivity contribution in [2.45, 2.75) is 19.6 Å². The molecular formula is C18H23N3O2. The van der Waals surface area contributed by atoms with Gasteiger partial charge in [0.05, 0.1) is 0 Å². The van der Waals surface area contributed by atoms with Crippen LogP contribution in [0, 0.1) is 0 Å². The maximum absolute atomic E-state index is 11.5. The maximum atomic E-state index is 11.5. The summed E-state index contributed by atoms with van der Waals surface area (Å²) in [6, 6.07) is 11.8. The summed E-state index contributed by atoms with van der Waals surface area (Å²) in [7, 11) is 3.54. The number of benzene rings is 1. The van der Waals surface area contributed by atoms with E-state index in [1.54, 1.807) is 31.4 Å². The number of amides is 1. The Morgan fingerprint density at radius 1 is 1.22 bits per heavy atom. The van der Waals surface area contributed by atoms with Gasteiger partial charge in [-0.3, -0.25) is 9.78 Å². The Morgan fingerprint density at radius 2 is 2.04 bits per heavy atom. The van der Waals surface area contributed by atoms with Crippen LogP contribution in [0.25, 0.3) is 0 Å². The van der Waals surface area contributed by atoms with E-state index in [1.807, 2.05) is 36.4 Å². The number of nitrogens with zero attached hydrogens (tertiary/aromatic N) is 2. The van der Waals surface area contributed by atoms with Crippen molar-refractivity contribution in [2.24, 2.45) is 0 Å². The van der Waals surface area contributed by atoms with Gasteiger partial charge in [0.2, 0.25) is 5.91 Å². The van der Waals surface area contributed by atoms with Crippen LogP contribution in [0.15, 0.2) is 48.8 Å². The van der Waals surface area contributed by atoms with Crippen LogP contribution >= 0.6 is 0 Å². The molecule has 1 aromatic carbocycles. The molecule has 0 aliphatic heterocycles. The summed E-state index contributed by atoms with van der Waals surface area (Å²) < 4.78 is 5.88. The average Bonchev–Trinajstić information content (AvgIpc) is 2.58. The summed E-state index contributed by atoms with van der Waals surface area (Å²) >= 11 is 0. The predicted octanol–water partition coefficient (Wildman–Crippen LogP) is 2.23. The Balaban J connectivity index is 1.84. The third-order valence-corrected chi connectivity index (χ3v) is 3.42. The number of aromatic nitrogens is 1. The third-order valence-electron chi connectivity index (χ3n) is 3.42. The van der Waals surface area contributed by atoms with Crippen LogP contribution in [0.3, 0.4) is 0 Å². The zero-order valence-corrected chi connectivity index (χ0v) is 13.7. The molecule has 0 saturated heterocycles. The molecule has 5 nitrogen and oxygen atoms in total. The highest BCUT2D eigenvalue weighted by Gasteiger charge is 2.05. The number of hydrogen-bond donors (Lipinski definition) is 1. The average molecular weight is 313 g/mol. The highest BCUT2D eigenvalue weighted by Crippen LogP contribution is 2.19. The van der Waals surface area contributed by atoms with E-state index in [2.05, 4.69) is 10.3 Å². The van der Waals surface area contributed by atoms with E-state index in [9.17, 15) is 4.79 Å². The molecule has 0 bridgehead atoms. The topological polar surface area (TPSA) is 54.5 Å². The van der Waals surface area contributed by atoms with Crippen molar-refractivity contribution in [3.8, 4) is 5.75 Å². The number of hydrogen-bond acceptors (Lipinski definition) is 4. The predicted molar refractivity (Wildman–Crippen MR) is 90.0 cm³/mol. The number of nitrogens with one attached hydrogen (secondary N) is 1. The summed E-state index contributed by atoms with van der Waals surface area (Å²) in [5.41, 5.74) is 2.11. The van der Waals surface area contributed by atoms with E-state index in [0.29, 0.717) is 26.1 Å². The Hall–Kier alpha value is -2.40. The first-order chi connectivity index (χ1) is 11.2. The summed E-state index contributed by atoms with van der Waals surface area (Å²) in [5.74, 6) is 0.974. The van der Waals surface area contributed by atoms with Crippen LogP contribution in [0.2, 0.25) is 0 Å². The molecule has 1 aromatic heterocycles. The molecule has 0 unspecified atom stereocenters. The van der Waals surface area contributed by atoms with Gasteiger partial charge in [0.25, 0.3) is 0 Å². The minimum absolute atomic E-state index is 0.124. The van der Waals surface area contributed by atoms with Crippen molar-refractivity contribution in [3.05, 3.63) is 59.9 Å². The van der Waals surface area contributed by atoms with Crippen LogP contribution in [-0.4, -0.2) is 36.4 Å². The largest absolute Gasteiger partial charge is 0.489 e. The Kier molecular flexibility index (Phi) is 6.56. The smallest absolute Gasteiger partial charge is 0.223 e. The summed E-state index contributed by atoms with van der Waals surface area (Å²) in [5, 5.41) is 3.29. The second-order valence-electron chi connectivity index (χ2n) is 5.47. The summed E-state index contributed by atoms with van der Waals surface area (Å²) in [6.45, 7) is 1.81. The molecule has 1 heterocycles. The van der Waals surface area contributed by atoms with Gasteiger partial charge in [0.15, 0.2) is 0 Å². The van der Waals surface area contributed by atoms with Gasteiger partial charge in [0, 0.05) is 57.1 Å². The highest BCUT2D eigenvalue weighted by molar-refractivity contribution is 5.75. The molecule has 0 saturated carbocycles. The highest BCUT2D eigenvalue weighted by atomic mass is 16.5. The molecule has 0 aliphatic carbocycles. The Bertz CT molecular complexity index is 615. The minimum atomic E-state index is 0.124. The normalized spacial score (nSPS) is 10.3. The summed E-state index contributed by atoms with van der Waals surface area (Å²) in [6.07, 6.45) is 4.04. The first kappa shape index (κ1) is 17.0. The van der Waals surface area contributed by atoms with E-state index in [1.165, 1.54) is 0 Å². The molecule has 5 heteroatoms. The van der Waals surface area contributed by atoms with Crippen molar-refractivity contribution in [1.82, 2.24) is 15.2 Å². The minimum Gasteiger partial charge on any atom is -0.489 e. The van der Waals surface area contributed by atoms with Gasteiger partial charge in [0.1, 0.15) is 12.4 Å². The lowest BCUT2D eigenvalue weighted by molar-refractivity contribution is -0.128. The van der Waals surface area contributed by atoms with Gasteiger partial charge in [-0.1, -0.05) is 24.3 Å². The Morgan fingerprint density at radius 3 is 2.78 bits per heavy atom. The lowest BCUT2D eigenvalue weighted by Crippen LogP contribution is -2.26. The monoisotopic (exact) mass is 313 g/mol. The van der Waals surface area contributed by atoms with Gasteiger partial charge in [-0.15, -0.1) is 0 Å². The second kappa shape index (κ2) is 8.90. The van der Waals surface area contributed by atoms with Gasteiger partial charge in [-0.05, 0) is 12.1 Å². The zero-order chi connectivity index (χ0) is 16.5. The van der Waals surface area contributed by atoms with Crippen LogP contribution in [0.1, 0.15) is 17.5 Å². The number of para-hydroxylation sites is 1. The van der Waals surface area contributed by atoms with E-state index < -0.39 is 0 Å². The zero-order valence-electron chi connectivity index (χ0n) is 13.7. The SMILES string of the molecule is CN(C)C(=O)CCNCc1ccccc1OCc1cccnc1. The fraction of sp³-hybridized carbons (Fsp3) is 0.333. The molecule has 1 amide bonds. The summed E-state index contributed by atoms with van der Waals surface area (Å²) in [4.78, 5) is 17.2. The Labute approximate surface area is 137 Å². The number of ether oxygens (including phenoxy) is 1. The first-order valence-electron chi connectivity index (χ1n) is 7.67. The standard InChI is InChI=1S/C18H23N3O2/c1-21(2)18(22)9-11-20-13-16-7-3-4-8-17(16)23-14-15-6-5-10-19-12-15/h3-8,10,12,20H,9,11,13-14H2,1-2H3. The van der Waals surface area contributed by atoms with Crippen molar-refractivity contribution in [2.75, 3.05) is 20.6 Å². The number of rotatable bonds is 8. The quantitative estimate of drug-likeness (QED) is 0.759. The van der Waals surface area contributed by atoms with Crippen molar-refractivity contribution < 1.29 is 9.53 Å². The molecule has 23 heavy (non-hydrogen) atoms. The van der Waals surface area contributed by atoms with E-state index in [4.69, 9.17) is 4.74 Å². The lowest BCUT2D eigenvalue weighted by Gasteiger charge is -2.13. The number of pyridine rings is 1. The molecule has 2 aromatic rings. The van der Waals surface area contributed by atoms with Crippen molar-refractivity contribution in [3.63, 3.8) is 0 Å². The molecule has 0 atom stereocenters. The van der Waals surface area contributed by atoms with E-state index in [-0.39, 0.29) is 5.91 Å². The number of carbonyl (C=O) groups excluding carboxylic acids is 1. The van der Waals surface area contributed by atoms with Crippen LogP contribution in [-0.2, 0) is 17.9 Å². The molecule has 0 spiro atoms. The first-order valence-corrected chi connectivity index (χ1v) is 7.67. The van der Waals surface area contributed by atoms with E-state index >= 15 is 0 Å². The second-order valence-corrected chi connectivity index (χ2v) is 5.47. The van der Waals surface area contributed by atoms with Crippen LogP contribution < -0.4 is 10.1 Å². The van der Waals surface area contributed by atoms with Crippen molar-refractivity contribution in [1.29, 1.82) is 0 Å². The fourth-order valence-corrected chi connectivity index (χ4v) is 2.08. The lowest BCUT2D eigenvalue weighted by atomic mass is 10.2. The van der Waals surface area contributed by atoms with Gasteiger partial charge < -0.3 is 15.0 Å². The van der Waals surface area contributed by atoms with Gasteiger partial charge >= 0.3 is 0 Å². The van der Waals surface area contributed by atoms with Gasteiger partial charge in [-0.25, -0.2) is 0 Å². The fourth-order valence-electron chi connectivity index (χ4n) is 2.08. The number of carbonyl (C=O) groups is 1. The molecule has 1 N–H and O–H groups in total. The molecule has 0 aliphatic rings. The van der Waals surface area contributed by atoms with Crippen LogP contribution in [0.5, 0.6) is 5.75 Å². The molecule has 2 rings (SSSR count). The molecule has 0 fully saturated rings. The molecular weight excluding hydrogens is 290 g/mol. The molecule has 122 valence electrons. The molecule has 0 radical (unpaired) electrons. The maximum Gasteiger partial charge on any atom is 0.223 e. The van der Waals surface area contributed by atoms with Gasteiger partial charge in [-0.2, -0.15) is 0 Å². The third kappa shape index (κ3) is 5.71.